The lowest BCUT2D eigenvalue weighted by Gasteiger charge is -2.21. The highest BCUT2D eigenvalue weighted by Gasteiger charge is 2.31. The van der Waals surface area contributed by atoms with E-state index in [0.29, 0.717) is 18.3 Å². The molecule has 1 unspecified atom stereocenters. The molecule has 0 amide bonds. The van der Waals surface area contributed by atoms with E-state index in [1.54, 1.807) is 4.90 Å². The first-order valence-corrected chi connectivity index (χ1v) is 11.2. The van der Waals surface area contributed by atoms with Crippen LogP contribution in [0.3, 0.4) is 0 Å². The van der Waals surface area contributed by atoms with Crippen LogP contribution < -0.4 is 10.5 Å². The molecule has 5 rings (SSSR count). The maximum Gasteiger partial charge on any atom is 0.249 e. The second-order valence-electron chi connectivity index (χ2n) is 7.83. The fourth-order valence-electron chi connectivity index (χ4n) is 4.00. The lowest BCUT2D eigenvalue weighted by molar-refractivity contribution is 0.283. The van der Waals surface area contributed by atoms with E-state index in [1.165, 1.54) is 0 Å². The van der Waals surface area contributed by atoms with Gasteiger partial charge in [-0.1, -0.05) is 51.4 Å². The summed E-state index contributed by atoms with van der Waals surface area (Å²) in [6.07, 6.45) is 1.80. The molecule has 0 spiro atoms. The largest absolute Gasteiger partial charge is 0.489 e. The number of nitrogens with zero attached hydrogens (tertiary/aromatic N) is 3. The van der Waals surface area contributed by atoms with Crippen LogP contribution in [0.5, 0.6) is 5.75 Å². The Morgan fingerprint density at radius 3 is 2.67 bits per heavy atom. The van der Waals surface area contributed by atoms with Crippen LogP contribution in [0.15, 0.2) is 69.7 Å². The van der Waals surface area contributed by atoms with Crippen LogP contribution in [0, 0.1) is 5.41 Å². The predicted octanol–water partition coefficient (Wildman–Crippen LogP) is 5.68. The van der Waals surface area contributed by atoms with Crippen molar-refractivity contribution in [1.82, 2.24) is 15.0 Å². The summed E-state index contributed by atoms with van der Waals surface area (Å²) in [5, 5.41) is 14.0. The molecule has 1 aliphatic heterocycles. The van der Waals surface area contributed by atoms with Crippen LogP contribution in [0.1, 0.15) is 30.3 Å². The van der Waals surface area contributed by atoms with Crippen LogP contribution >= 0.6 is 28.3 Å². The van der Waals surface area contributed by atoms with Gasteiger partial charge in [0.25, 0.3) is 0 Å². The van der Waals surface area contributed by atoms with E-state index < -0.39 is 0 Å². The van der Waals surface area contributed by atoms with Crippen molar-refractivity contribution in [2.24, 2.45) is 5.73 Å². The molecule has 1 fully saturated rings. The summed E-state index contributed by atoms with van der Waals surface area (Å²) in [6, 6.07) is 20.1. The molecule has 4 aromatic rings. The molecular formula is C24H23BrClN5O2. The number of aromatic nitrogens is 2. The molecule has 33 heavy (non-hydrogen) atoms. The fraction of sp³-hybridized carbons (Fsp3) is 0.208. The topological polar surface area (TPSA) is 101 Å². The number of rotatable bonds is 5. The SMILES string of the molecule is Cl.N=C(N)N1CCCC1c1nc(-c2ccc3cc(OCc4ccc(Br)cc4)ccc3c2)no1. The summed E-state index contributed by atoms with van der Waals surface area (Å²) in [5.74, 6) is 1.90. The molecule has 1 aliphatic rings. The summed E-state index contributed by atoms with van der Waals surface area (Å²) < 4.78 is 12.5. The summed E-state index contributed by atoms with van der Waals surface area (Å²) >= 11 is 3.45. The van der Waals surface area contributed by atoms with Gasteiger partial charge in [0, 0.05) is 16.6 Å². The molecule has 1 aromatic heterocycles. The van der Waals surface area contributed by atoms with Crippen LogP contribution in [-0.4, -0.2) is 27.5 Å². The number of likely N-dealkylation sites (tertiary alicyclic amines) is 1. The van der Waals surface area contributed by atoms with Crippen molar-refractivity contribution in [3.05, 3.63) is 76.6 Å². The van der Waals surface area contributed by atoms with Crippen molar-refractivity contribution >= 4 is 45.1 Å². The quantitative estimate of drug-likeness (QED) is 0.255. The van der Waals surface area contributed by atoms with Gasteiger partial charge in [-0.15, -0.1) is 12.4 Å². The van der Waals surface area contributed by atoms with Crippen LogP contribution in [-0.2, 0) is 6.61 Å². The van der Waals surface area contributed by atoms with Crippen molar-refractivity contribution in [3.8, 4) is 17.1 Å². The number of halogens is 2. The molecule has 2 heterocycles. The zero-order valence-corrected chi connectivity index (χ0v) is 20.1. The second kappa shape index (κ2) is 9.80. The Bertz CT molecular complexity index is 1280. The van der Waals surface area contributed by atoms with Gasteiger partial charge < -0.3 is 19.9 Å². The second-order valence-corrected chi connectivity index (χ2v) is 8.75. The molecule has 3 aromatic carbocycles. The van der Waals surface area contributed by atoms with Gasteiger partial charge >= 0.3 is 0 Å². The number of hydrogen-bond donors (Lipinski definition) is 2. The number of guanidine groups is 1. The first-order valence-electron chi connectivity index (χ1n) is 10.4. The first-order chi connectivity index (χ1) is 15.6. The average molecular weight is 529 g/mol. The Kier molecular flexibility index (Phi) is 6.85. The number of benzene rings is 3. The first kappa shape index (κ1) is 23.1. The molecule has 9 heteroatoms. The highest BCUT2D eigenvalue weighted by molar-refractivity contribution is 9.10. The summed E-state index contributed by atoms with van der Waals surface area (Å²) in [4.78, 5) is 6.39. The molecule has 0 saturated carbocycles. The molecule has 7 nitrogen and oxygen atoms in total. The zero-order chi connectivity index (χ0) is 22.1. The Labute approximate surface area is 206 Å². The Morgan fingerprint density at radius 2 is 1.88 bits per heavy atom. The monoisotopic (exact) mass is 527 g/mol. The Morgan fingerprint density at radius 1 is 1.12 bits per heavy atom. The van der Waals surface area contributed by atoms with Gasteiger partial charge in [-0.2, -0.15) is 4.98 Å². The number of nitrogens with two attached hydrogens (primary N) is 1. The maximum absolute atomic E-state index is 7.74. The molecule has 1 atom stereocenters. The van der Waals surface area contributed by atoms with E-state index in [-0.39, 0.29) is 24.4 Å². The van der Waals surface area contributed by atoms with Gasteiger partial charge in [0.15, 0.2) is 5.96 Å². The molecular weight excluding hydrogens is 506 g/mol. The zero-order valence-electron chi connectivity index (χ0n) is 17.7. The number of fused-ring (bicyclic) bond motifs is 1. The number of nitrogens with one attached hydrogen (secondary N) is 1. The normalized spacial score (nSPS) is 15.4. The average Bonchev–Trinajstić information content (AvgIpc) is 3.48. The smallest absolute Gasteiger partial charge is 0.249 e. The standard InChI is InChI=1S/C24H22BrN5O2.ClH/c25-19-8-3-15(4-9-19)14-31-20-10-7-16-12-18(6-5-17(16)13-20)22-28-23(32-29-22)21-2-1-11-30(21)24(26)27;/h3-10,12-13,21H,1-2,11,14H2,(H3,26,27);1H. The minimum Gasteiger partial charge on any atom is -0.489 e. The van der Waals surface area contributed by atoms with Crippen molar-refractivity contribution < 1.29 is 9.26 Å². The van der Waals surface area contributed by atoms with Crippen LogP contribution in [0.2, 0.25) is 0 Å². The van der Waals surface area contributed by atoms with Gasteiger partial charge in [-0.05, 0) is 59.5 Å². The third-order valence-corrected chi connectivity index (χ3v) is 6.21. The van der Waals surface area contributed by atoms with Crippen molar-refractivity contribution in [2.75, 3.05) is 6.54 Å². The number of ether oxygens (including phenoxy) is 1. The lowest BCUT2D eigenvalue weighted by Crippen LogP contribution is -2.35. The van der Waals surface area contributed by atoms with E-state index in [2.05, 4.69) is 26.1 Å². The Balaban J connectivity index is 0.00000259. The van der Waals surface area contributed by atoms with Crippen molar-refractivity contribution in [3.63, 3.8) is 0 Å². The molecule has 1 saturated heterocycles. The molecule has 0 bridgehead atoms. The van der Waals surface area contributed by atoms with E-state index >= 15 is 0 Å². The molecule has 3 N–H and O–H groups in total. The molecule has 0 radical (unpaired) electrons. The predicted molar refractivity (Wildman–Crippen MR) is 134 cm³/mol. The highest BCUT2D eigenvalue weighted by Crippen LogP contribution is 2.32. The van der Waals surface area contributed by atoms with Gasteiger partial charge in [0.2, 0.25) is 11.7 Å². The van der Waals surface area contributed by atoms with E-state index in [4.69, 9.17) is 20.4 Å². The van der Waals surface area contributed by atoms with E-state index in [1.807, 2.05) is 60.7 Å². The van der Waals surface area contributed by atoms with Crippen LogP contribution in [0.4, 0.5) is 0 Å². The third-order valence-electron chi connectivity index (χ3n) is 5.68. The molecule has 0 aliphatic carbocycles. The van der Waals surface area contributed by atoms with Crippen molar-refractivity contribution in [1.29, 1.82) is 5.41 Å². The van der Waals surface area contributed by atoms with Gasteiger partial charge in [-0.25, -0.2) is 0 Å². The maximum atomic E-state index is 7.74. The summed E-state index contributed by atoms with van der Waals surface area (Å²) in [5.41, 5.74) is 7.68. The summed E-state index contributed by atoms with van der Waals surface area (Å²) in [6.45, 7) is 1.25. The van der Waals surface area contributed by atoms with Crippen molar-refractivity contribution in [2.45, 2.75) is 25.5 Å². The van der Waals surface area contributed by atoms with E-state index in [9.17, 15) is 0 Å². The molecule has 170 valence electrons. The Hall–Kier alpha value is -3.10. The lowest BCUT2D eigenvalue weighted by atomic mass is 10.1. The number of hydrogen-bond acceptors (Lipinski definition) is 5. The minimum atomic E-state index is -0.125. The fourth-order valence-corrected chi connectivity index (χ4v) is 4.26. The summed E-state index contributed by atoms with van der Waals surface area (Å²) in [7, 11) is 0. The van der Waals surface area contributed by atoms with Gasteiger partial charge in [-0.3, -0.25) is 5.41 Å². The van der Waals surface area contributed by atoms with E-state index in [0.717, 1.165) is 51.5 Å². The van der Waals surface area contributed by atoms with Gasteiger partial charge in [0.1, 0.15) is 18.4 Å². The third kappa shape index (κ3) is 4.96. The van der Waals surface area contributed by atoms with Gasteiger partial charge in [0.05, 0.1) is 0 Å². The van der Waals surface area contributed by atoms with Crippen LogP contribution in [0.25, 0.3) is 22.2 Å². The highest BCUT2D eigenvalue weighted by atomic mass is 79.9. The minimum absolute atomic E-state index is 0.